The summed E-state index contributed by atoms with van der Waals surface area (Å²) in [6.45, 7) is 5.02. The van der Waals surface area contributed by atoms with Crippen LogP contribution in [0.1, 0.15) is 25.3 Å². The molecule has 114 valence electrons. The second-order valence-corrected chi connectivity index (χ2v) is 5.57. The Balaban J connectivity index is 2.30. The second kappa shape index (κ2) is 10.0. The van der Waals surface area contributed by atoms with Crippen molar-refractivity contribution in [1.29, 1.82) is 0 Å². The molecular weight excluding hydrogens is 274 g/mol. The van der Waals surface area contributed by atoms with Crippen molar-refractivity contribution < 1.29 is 9.47 Å². The van der Waals surface area contributed by atoms with Crippen molar-refractivity contribution >= 4 is 11.6 Å². The van der Waals surface area contributed by atoms with Gasteiger partial charge in [0.15, 0.2) is 0 Å². The lowest BCUT2D eigenvalue weighted by Gasteiger charge is -2.14. The van der Waals surface area contributed by atoms with Crippen molar-refractivity contribution in [2.24, 2.45) is 5.92 Å². The molecule has 0 spiro atoms. The summed E-state index contributed by atoms with van der Waals surface area (Å²) in [6, 6.07) is 5.81. The molecule has 0 heterocycles. The molecule has 20 heavy (non-hydrogen) atoms. The minimum atomic E-state index is 0.675. The Bertz CT molecular complexity index is 385. The van der Waals surface area contributed by atoms with Crippen LogP contribution in [0.3, 0.4) is 0 Å². The Kier molecular flexibility index (Phi) is 8.67. The molecule has 0 saturated carbocycles. The third kappa shape index (κ3) is 6.60. The first-order valence-electron chi connectivity index (χ1n) is 7.19. The molecule has 0 aromatic heterocycles. The fourth-order valence-electron chi connectivity index (χ4n) is 2.14. The number of benzene rings is 1. The highest BCUT2D eigenvalue weighted by molar-refractivity contribution is 6.30. The first kappa shape index (κ1) is 17.3. The number of methoxy groups -OCH3 is 2. The van der Waals surface area contributed by atoms with Crippen molar-refractivity contribution in [2.45, 2.75) is 26.2 Å². The summed E-state index contributed by atoms with van der Waals surface area (Å²) in [7, 11) is 3.43. The monoisotopic (exact) mass is 299 g/mol. The predicted octanol–water partition coefficient (Wildman–Crippen LogP) is 3.54. The Morgan fingerprint density at radius 2 is 2.00 bits per heavy atom. The molecular formula is C16H26ClNO2. The van der Waals surface area contributed by atoms with Crippen molar-refractivity contribution in [1.82, 2.24) is 5.32 Å². The van der Waals surface area contributed by atoms with E-state index in [9.17, 15) is 0 Å². The molecule has 1 aromatic rings. The van der Waals surface area contributed by atoms with E-state index in [2.05, 4.69) is 12.2 Å². The second-order valence-electron chi connectivity index (χ2n) is 5.13. The van der Waals surface area contributed by atoms with E-state index in [0.717, 1.165) is 43.3 Å². The van der Waals surface area contributed by atoms with Crippen molar-refractivity contribution in [3.63, 3.8) is 0 Å². The molecule has 1 atom stereocenters. The van der Waals surface area contributed by atoms with Crippen LogP contribution in [0, 0.1) is 5.92 Å². The Labute approximate surface area is 127 Å². The first-order chi connectivity index (χ1) is 9.67. The van der Waals surface area contributed by atoms with Gasteiger partial charge in [0.2, 0.25) is 0 Å². The number of hydrogen-bond donors (Lipinski definition) is 1. The van der Waals surface area contributed by atoms with Crippen LogP contribution in [0.5, 0.6) is 5.75 Å². The van der Waals surface area contributed by atoms with Gasteiger partial charge >= 0.3 is 0 Å². The normalized spacial score (nSPS) is 12.4. The third-order valence-electron chi connectivity index (χ3n) is 3.45. The molecule has 0 bridgehead atoms. The summed E-state index contributed by atoms with van der Waals surface area (Å²) < 4.78 is 10.4. The van der Waals surface area contributed by atoms with E-state index in [1.165, 1.54) is 12.0 Å². The Hall–Kier alpha value is -0.770. The lowest BCUT2D eigenvalue weighted by Crippen LogP contribution is -2.21. The zero-order chi connectivity index (χ0) is 14.8. The van der Waals surface area contributed by atoms with Crippen LogP contribution in [0.2, 0.25) is 5.02 Å². The van der Waals surface area contributed by atoms with Gasteiger partial charge in [-0.2, -0.15) is 0 Å². The number of ether oxygens (including phenoxy) is 2. The van der Waals surface area contributed by atoms with Crippen molar-refractivity contribution in [3.8, 4) is 5.75 Å². The highest BCUT2D eigenvalue weighted by Gasteiger charge is 2.07. The summed E-state index contributed by atoms with van der Waals surface area (Å²) in [5, 5.41) is 4.15. The fourth-order valence-corrected chi connectivity index (χ4v) is 2.33. The lowest BCUT2D eigenvalue weighted by atomic mass is 9.98. The molecule has 3 nitrogen and oxygen atoms in total. The van der Waals surface area contributed by atoms with Gasteiger partial charge in [-0.1, -0.05) is 18.5 Å². The van der Waals surface area contributed by atoms with E-state index in [1.807, 2.05) is 18.2 Å². The van der Waals surface area contributed by atoms with Crippen LogP contribution in [0.4, 0.5) is 0 Å². The standard InChI is InChI=1S/C16H26ClNO2/c1-13(8-9-18-10-11-19-2)4-5-14-12-15(17)6-7-16(14)20-3/h6-7,12-13,18H,4-5,8-11H2,1-3H3. The molecule has 0 radical (unpaired) electrons. The summed E-state index contributed by atoms with van der Waals surface area (Å²) >= 11 is 6.04. The van der Waals surface area contributed by atoms with Gasteiger partial charge in [-0.3, -0.25) is 0 Å². The molecule has 0 saturated heterocycles. The van der Waals surface area contributed by atoms with Gasteiger partial charge in [0, 0.05) is 18.7 Å². The molecule has 0 aliphatic rings. The largest absolute Gasteiger partial charge is 0.496 e. The third-order valence-corrected chi connectivity index (χ3v) is 3.68. The maximum Gasteiger partial charge on any atom is 0.122 e. The zero-order valence-electron chi connectivity index (χ0n) is 12.7. The highest BCUT2D eigenvalue weighted by Crippen LogP contribution is 2.25. The summed E-state index contributed by atoms with van der Waals surface area (Å²) in [5.74, 6) is 1.61. The fraction of sp³-hybridized carbons (Fsp3) is 0.625. The topological polar surface area (TPSA) is 30.5 Å². The van der Waals surface area contributed by atoms with Gasteiger partial charge in [-0.25, -0.2) is 0 Å². The predicted molar refractivity (Wildman–Crippen MR) is 84.9 cm³/mol. The van der Waals surface area contributed by atoms with Crippen molar-refractivity contribution in [2.75, 3.05) is 33.9 Å². The summed E-state index contributed by atoms with van der Waals surface area (Å²) in [6.07, 6.45) is 3.32. The minimum absolute atomic E-state index is 0.675. The SMILES string of the molecule is COCCNCCC(C)CCc1cc(Cl)ccc1OC. The molecule has 1 rings (SSSR count). The lowest BCUT2D eigenvalue weighted by molar-refractivity contribution is 0.199. The molecule has 1 N–H and O–H groups in total. The summed E-state index contributed by atoms with van der Waals surface area (Å²) in [5.41, 5.74) is 1.19. The van der Waals surface area contributed by atoms with Crippen LogP contribution in [-0.2, 0) is 11.2 Å². The van der Waals surface area contributed by atoms with Crippen LogP contribution < -0.4 is 10.1 Å². The van der Waals surface area contributed by atoms with Crippen LogP contribution in [0.15, 0.2) is 18.2 Å². The van der Waals surface area contributed by atoms with Gasteiger partial charge in [0.1, 0.15) is 5.75 Å². The molecule has 0 aliphatic heterocycles. The van der Waals surface area contributed by atoms with E-state index < -0.39 is 0 Å². The van der Waals surface area contributed by atoms with Crippen LogP contribution in [-0.4, -0.2) is 33.9 Å². The first-order valence-corrected chi connectivity index (χ1v) is 7.57. The average molecular weight is 300 g/mol. The molecule has 1 aromatic carbocycles. The maximum atomic E-state index is 6.04. The van der Waals surface area contributed by atoms with E-state index in [1.54, 1.807) is 14.2 Å². The number of rotatable bonds is 10. The summed E-state index contributed by atoms with van der Waals surface area (Å²) in [4.78, 5) is 0. The maximum absolute atomic E-state index is 6.04. The number of halogens is 1. The molecule has 1 unspecified atom stereocenters. The molecule has 0 aliphatic carbocycles. The van der Waals surface area contributed by atoms with E-state index in [4.69, 9.17) is 21.1 Å². The number of aryl methyl sites for hydroxylation is 1. The van der Waals surface area contributed by atoms with Gasteiger partial charge in [0.05, 0.1) is 13.7 Å². The zero-order valence-corrected chi connectivity index (χ0v) is 13.5. The molecule has 0 amide bonds. The molecule has 4 heteroatoms. The van der Waals surface area contributed by atoms with Gasteiger partial charge < -0.3 is 14.8 Å². The van der Waals surface area contributed by atoms with Crippen LogP contribution >= 0.6 is 11.6 Å². The number of nitrogens with one attached hydrogen (secondary N) is 1. The van der Waals surface area contributed by atoms with E-state index in [-0.39, 0.29) is 0 Å². The van der Waals surface area contributed by atoms with E-state index in [0.29, 0.717) is 5.92 Å². The Morgan fingerprint density at radius 1 is 1.20 bits per heavy atom. The Morgan fingerprint density at radius 3 is 2.70 bits per heavy atom. The highest BCUT2D eigenvalue weighted by atomic mass is 35.5. The average Bonchev–Trinajstić information content (AvgIpc) is 2.45. The van der Waals surface area contributed by atoms with Crippen LogP contribution in [0.25, 0.3) is 0 Å². The van der Waals surface area contributed by atoms with Gasteiger partial charge in [0.25, 0.3) is 0 Å². The number of hydrogen-bond acceptors (Lipinski definition) is 3. The van der Waals surface area contributed by atoms with E-state index >= 15 is 0 Å². The van der Waals surface area contributed by atoms with Gasteiger partial charge in [-0.05, 0) is 55.5 Å². The molecule has 0 fully saturated rings. The van der Waals surface area contributed by atoms with Crippen molar-refractivity contribution in [3.05, 3.63) is 28.8 Å². The van der Waals surface area contributed by atoms with Gasteiger partial charge in [-0.15, -0.1) is 0 Å². The minimum Gasteiger partial charge on any atom is -0.496 e. The smallest absolute Gasteiger partial charge is 0.122 e. The quantitative estimate of drug-likeness (QED) is 0.670.